The molecule has 2 N–H and O–H groups in total. The third-order valence-corrected chi connectivity index (χ3v) is 3.91. The SMILES string of the molecule is CNc1cc(S(=O)(=O)Nc2cccnc2C)ccn1. The van der Waals surface area contributed by atoms with E-state index >= 15 is 0 Å². The molecule has 0 fully saturated rings. The number of aromatic nitrogens is 2. The van der Waals surface area contributed by atoms with Gasteiger partial charge in [-0.25, -0.2) is 13.4 Å². The molecule has 7 heteroatoms. The molecule has 0 aliphatic rings. The number of sulfonamides is 1. The maximum absolute atomic E-state index is 12.2. The molecule has 100 valence electrons. The highest BCUT2D eigenvalue weighted by Crippen LogP contribution is 2.18. The summed E-state index contributed by atoms with van der Waals surface area (Å²) in [6, 6.07) is 6.25. The van der Waals surface area contributed by atoms with E-state index in [0.29, 0.717) is 17.2 Å². The summed E-state index contributed by atoms with van der Waals surface area (Å²) in [7, 11) is -1.96. The fraction of sp³-hybridized carbons (Fsp3) is 0.167. The van der Waals surface area contributed by atoms with Gasteiger partial charge in [-0.15, -0.1) is 0 Å². The van der Waals surface area contributed by atoms with Gasteiger partial charge in [0, 0.05) is 25.5 Å². The van der Waals surface area contributed by atoms with Crippen molar-refractivity contribution in [3.05, 3.63) is 42.4 Å². The molecule has 0 aliphatic carbocycles. The average molecular weight is 278 g/mol. The predicted octanol–water partition coefficient (Wildman–Crippen LogP) is 1.63. The van der Waals surface area contributed by atoms with Crippen LogP contribution < -0.4 is 10.0 Å². The molecular weight excluding hydrogens is 264 g/mol. The van der Waals surface area contributed by atoms with Gasteiger partial charge >= 0.3 is 0 Å². The second-order valence-corrected chi connectivity index (χ2v) is 5.55. The number of hydrogen-bond donors (Lipinski definition) is 2. The van der Waals surface area contributed by atoms with E-state index in [9.17, 15) is 8.42 Å². The number of rotatable bonds is 4. The molecular formula is C12H14N4O2S. The molecule has 0 radical (unpaired) electrons. The molecule has 0 bridgehead atoms. The van der Waals surface area contributed by atoms with Gasteiger partial charge < -0.3 is 5.32 Å². The lowest BCUT2D eigenvalue weighted by atomic mass is 10.3. The maximum Gasteiger partial charge on any atom is 0.262 e. The smallest absolute Gasteiger partial charge is 0.262 e. The van der Waals surface area contributed by atoms with E-state index in [0.717, 1.165) is 0 Å². The zero-order chi connectivity index (χ0) is 13.9. The van der Waals surface area contributed by atoms with Gasteiger partial charge in [0.2, 0.25) is 0 Å². The molecule has 0 unspecified atom stereocenters. The van der Waals surface area contributed by atoms with Gasteiger partial charge in [-0.3, -0.25) is 9.71 Å². The van der Waals surface area contributed by atoms with Crippen LogP contribution in [-0.2, 0) is 10.0 Å². The highest BCUT2D eigenvalue weighted by atomic mass is 32.2. The van der Waals surface area contributed by atoms with Crippen molar-refractivity contribution < 1.29 is 8.42 Å². The van der Waals surface area contributed by atoms with Gasteiger partial charge in [0.15, 0.2) is 0 Å². The summed E-state index contributed by atoms with van der Waals surface area (Å²) >= 11 is 0. The Bertz CT molecular complexity index is 686. The minimum atomic E-state index is -3.64. The second-order valence-electron chi connectivity index (χ2n) is 3.87. The first-order chi connectivity index (χ1) is 9.03. The van der Waals surface area contributed by atoms with Crippen molar-refractivity contribution in [3.63, 3.8) is 0 Å². The molecule has 0 spiro atoms. The summed E-state index contributed by atoms with van der Waals surface area (Å²) < 4.78 is 27.0. The number of pyridine rings is 2. The second kappa shape index (κ2) is 5.23. The summed E-state index contributed by atoms with van der Waals surface area (Å²) in [5, 5.41) is 2.80. The normalized spacial score (nSPS) is 11.1. The van der Waals surface area contributed by atoms with E-state index in [1.807, 2.05) is 0 Å². The van der Waals surface area contributed by atoms with Gasteiger partial charge in [-0.05, 0) is 25.1 Å². The highest BCUT2D eigenvalue weighted by Gasteiger charge is 2.16. The largest absolute Gasteiger partial charge is 0.373 e. The van der Waals surface area contributed by atoms with E-state index < -0.39 is 10.0 Å². The van der Waals surface area contributed by atoms with Crippen LogP contribution in [0.5, 0.6) is 0 Å². The zero-order valence-corrected chi connectivity index (χ0v) is 11.4. The maximum atomic E-state index is 12.2. The van der Waals surface area contributed by atoms with Crippen LogP contribution in [0.2, 0.25) is 0 Å². The monoisotopic (exact) mass is 278 g/mol. The molecule has 0 saturated carbocycles. The third kappa shape index (κ3) is 3.00. The molecule has 0 aliphatic heterocycles. The van der Waals surface area contributed by atoms with Crippen molar-refractivity contribution in [1.82, 2.24) is 9.97 Å². The van der Waals surface area contributed by atoms with Crippen LogP contribution in [0.25, 0.3) is 0 Å². The minimum absolute atomic E-state index is 0.148. The van der Waals surface area contributed by atoms with Crippen molar-refractivity contribution in [1.29, 1.82) is 0 Å². The Labute approximate surface area is 112 Å². The van der Waals surface area contributed by atoms with E-state index in [4.69, 9.17) is 0 Å². The number of anilines is 2. The summed E-state index contributed by atoms with van der Waals surface area (Å²) in [6.07, 6.45) is 3.05. The van der Waals surface area contributed by atoms with Crippen LogP contribution in [0.4, 0.5) is 11.5 Å². The Morgan fingerprint density at radius 1 is 1.16 bits per heavy atom. The summed E-state index contributed by atoms with van der Waals surface area (Å²) in [5.74, 6) is 0.491. The first-order valence-corrected chi connectivity index (χ1v) is 7.09. The van der Waals surface area contributed by atoms with E-state index in [2.05, 4.69) is 20.0 Å². The number of nitrogens with one attached hydrogen (secondary N) is 2. The van der Waals surface area contributed by atoms with E-state index in [1.165, 1.54) is 18.3 Å². The van der Waals surface area contributed by atoms with Crippen molar-refractivity contribution in [2.24, 2.45) is 0 Å². The van der Waals surface area contributed by atoms with Crippen LogP contribution in [0.1, 0.15) is 5.69 Å². The van der Waals surface area contributed by atoms with E-state index in [1.54, 1.807) is 32.3 Å². The van der Waals surface area contributed by atoms with Crippen LogP contribution in [-0.4, -0.2) is 25.4 Å². The zero-order valence-electron chi connectivity index (χ0n) is 10.6. The standard InChI is InChI=1S/C12H14N4O2S/c1-9-11(4-3-6-14-9)16-19(17,18)10-5-7-15-12(8-10)13-2/h3-8,16H,1-2H3,(H,13,15). The molecule has 0 amide bonds. The fourth-order valence-electron chi connectivity index (χ4n) is 1.51. The van der Waals surface area contributed by atoms with Crippen LogP contribution >= 0.6 is 0 Å². The molecule has 2 aromatic rings. The van der Waals surface area contributed by atoms with Crippen molar-refractivity contribution in [2.75, 3.05) is 17.1 Å². The predicted molar refractivity (Wildman–Crippen MR) is 73.6 cm³/mol. The van der Waals surface area contributed by atoms with Crippen LogP contribution in [0.3, 0.4) is 0 Å². The fourth-order valence-corrected chi connectivity index (χ4v) is 2.64. The Hall–Kier alpha value is -2.15. The Balaban J connectivity index is 2.35. The summed E-state index contributed by atoms with van der Waals surface area (Å²) in [5.41, 5.74) is 1.08. The van der Waals surface area contributed by atoms with Crippen molar-refractivity contribution in [3.8, 4) is 0 Å². The van der Waals surface area contributed by atoms with Gasteiger partial charge in [-0.1, -0.05) is 0 Å². The topological polar surface area (TPSA) is 84.0 Å². The van der Waals surface area contributed by atoms with Gasteiger partial charge in [0.25, 0.3) is 10.0 Å². The average Bonchev–Trinajstić information content (AvgIpc) is 2.41. The quantitative estimate of drug-likeness (QED) is 0.888. The third-order valence-electron chi connectivity index (χ3n) is 2.55. The molecule has 2 heterocycles. The van der Waals surface area contributed by atoms with Crippen LogP contribution in [0, 0.1) is 6.92 Å². The Morgan fingerprint density at radius 3 is 2.63 bits per heavy atom. The first kappa shape index (κ1) is 13.3. The van der Waals surface area contributed by atoms with E-state index in [-0.39, 0.29) is 4.90 Å². The number of nitrogens with zero attached hydrogens (tertiary/aromatic N) is 2. The summed E-state index contributed by atoms with van der Waals surface area (Å²) in [6.45, 7) is 1.74. The molecule has 2 rings (SSSR count). The van der Waals surface area contributed by atoms with Gasteiger partial charge in [0.05, 0.1) is 16.3 Å². The Morgan fingerprint density at radius 2 is 1.95 bits per heavy atom. The minimum Gasteiger partial charge on any atom is -0.373 e. The molecule has 0 aromatic carbocycles. The lowest BCUT2D eigenvalue weighted by Gasteiger charge is -2.10. The summed E-state index contributed by atoms with van der Waals surface area (Å²) in [4.78, 5) is 8.17. The van der Waals surface area contributed by atoms with Crippen molar-refractivity contribution >= 4 is 21.5 Å². The first-order valence-electron chi connectivity index (χ1n) is 5.61. The molecule has 6 nitrogen and oxygen atoms in total. The molecule has 2 aromatic heterocycles. The van der Waals surface area contributed by atoms with Crippen molar-refractivity contribution in [2.45, 2.75) is 11.8 Å². The van der Waals surface area contributed by atoms with Crippen LogP contribution in [0.15, 0.2) is 41.6 Å². The number of aryl methyl sites for hydroxylation is 1. The van der Waals surface area contributed by atoms with Gasteiger partial charge in [0.1, 0.15) is 5.82 Å². The molecule has 0 atom stereocenters. The molecule has 19 heavy (non-hydrogen) atoms. The molecule has 0 saturated heterocycles. The highest BCUT2D eigenvalue weighted by molar-refractivity contribution is 7.92. The number of hydrogen-bond acceptors (Lipinski definition) is 5. The van der Waals surface area contributed by atoms with Gasteiger partial charge in [-0.2, -0.15) is 0 Å². The Kier molecular flexibility index (Phi) is 3.66. The lowest BCUT2D eigenvalue weighted by molar-refractivity contribution is 0.601. The lowest BCUT2D eigenvalue weighted by Crippen LogP contribution is -2.14.